The maximum Gasteiger partial charge on any atom is 0.0620 e. The van der Waals surface area contributed by atoms with Gasteiger partial charge in [0.25, 0.3) is 0 Å². The van der Waals surface area contributed by atoms with Crippen LogP contribution in [0, 0.1) is 11.8 Å². The minimum Gasteiger partial charge on any atom is -0.380 e. The van der Waals surface area contributed by atoms with E-state index < -0.39 is 0 Å². The lowest BCUT2D eigenvalue weighted by atomic mass is 9.78. The molecular formula is C13H26N2O. The quantitative estimate of drug-likeness (QED) is 0.760. The molecule has 0 aromatic rings. The number of ether oxygens (including phenoxy) is 1. The minimum absolute atomic E-state index is 0.606. The predicted octanol–water partition coefficient (Wildman–Crippen LogP) is 1.39. The maximum atomic E-state index is 5.39. The summed E-state index contributed by atoms with van der Waals surface area (Å²) in [7, 11) is 2.10. The normalized spacial score (nSPS) is 40.1. The van der Waals surface area contributed by atoms with Crippen LogP contribution < -0.4 is 10.6 Å². The van der Waals surface area contributed by atoms with Crippen LogP contribution in [-0.4, -0.2) is 38.9 Å². The second kappa shape index (κ2) is 5.99. The van der Waals surface area contributed by atoms with Crippen molar-refractivity contribution in [2.75, 3.05) is 26.8 Å². The van der Waals surface area contributed by atoms with E-state index in [-0.39, 0.29) is 0 Å². The Labute approximate surface area is 99.3 Å². The Morgan fingerprint density at radius 1 is 1.25 bits per heavy atom. The fraction of sp³-hybridized carbons (Fsp3) is 1.00. The molecular weight excluding hydrogens is 200 g/mol. The van der Waals surface area contributed by atoms with Gasteiger partial charge in [0.05, 0.1) is 6.61 Å². The van der Waals surface area contributed by atoms with Crippen LogP contribution in [0.15, 0.2) is 0 Å². The lowest BCUT2D eigenvalue weighted by Gasteiger charge is -2.35. The summed E-state index contributed by atoms with van der Waals surface area (Å²) in [5.41, 5.74) is 0. The van der Waals surface area contributed by atoms with Gasteiger partial charge >= 0.3 is 0 Å². The van der Waals surface area contributed by atoms with Crippen LogP contribution in [0.1, 0.15) is 32.6 Å². The van der Waals surface area contributed by atoms with Crippen LogP contribution >= 0.6 is 0 Å². The first-order valence-corrected chi connectivity index (χ1v) is 6.78. The monoisotopic (exact) mass is 226 g/mol. The molecule has 4 atom stereocenters. The summed E-state index contributed by atoms with van der Waals surface area (Å²) in [4.78, 5) is 0. The van der Waals surface area contributed by atoms with Crippen LogP contribution in [0.4, 0.5) is 0 Å². The van der Waals surface area contributed by atoms with Crippen molar-refractivity contribution >= 4 is 0 Å². The van der Waals surface area contributed by atoms with Crippen LogP contribution in [0.5, 0.6) is 0 Å². The average Bonchev–Trinajstić information content (AvgIpc) is 2.79. The van der Waals surface area contributed by atoms with E-state index in [1.165, 1.54) is 25.7 Å². The van der Waals surface area contributed by atoms with Crippen molar-refractivity contribution in [3.8, 4) is 0 Å². The molecule has 1 aliphatic carbocycles. The second-order valence-corrected chi connectivity index (χ2v) is 5.54. The highest BCUT2D eigenvalue weighted by Gasteiger charge is 2.28. The number of nitrogens with one attached hydrogen (secondary N) is 2. The molecule has 2 aliphatic rings. The van der Waals surface area contributed by atoms with Crippen molar-refractivity contribution < 1.29 is 4.74 Å². The van der Waals surface area contributed by atoms with Crippen molar-refractivity contribution in [2.45, 2.75) is 44.7 Å². The smallest absolute Gasteiger partial charge is 0.0620 e. The van der Waals surface area contributed by atoms with Gasteiger partial charge in [-0.25, -0.2) is 0 Å². The van der Waals surface area contributed by atoms with Crippen LogP contribution in [-0.2, 0) is 4.74 Å². The molecule has 0 bridgehead atoms. The van der Waals surface area contributed by atoms with Gasteiger partial charge in [0.2, 0.25) is 0 Å². The Balaban J connectivity index is 1.76. The number of hydrogen-bond acceptors (Lipinski definition) is 3. The highest BCUT2D eigenvalue weighted by Crippen LogP contribution is 2.28. The molecule has 1 saturated carbocycles. The van der Waals surface area contributed by atoms with E-state index >= 15 is 0 Å². The van der Waals surface area contributed by atoms with Gasteiger partial charge < -0.3 is 15.4 Å². The number of hydrogen-bond donors (Lipinski definition) is 2. The Morgan fingerprint density at radius 2 is 2.12 bits per heavy atom. The molecule has 1 saturated heterocycles. The molecule has 2 fully saturated rings. The largest absolute Gasteiger partial charge is 0.380 e. The molecule has 94 valence electrons. The topological polar surface area (TPSA) is 33.3 Å². The van der Waals surface area contributed by atoms with Crippen LogP contribution in [0.25, 0.3) is 0 Å². The predicted molar refractivity (Wildman–Crippen MR) is 66.6 cm³/mol. The summed E-state index contributed by atoms with van der Waals surface area (Å²) >= 11 is 0. The highest BCUT2D eigenvalue weighted by molar-refractivity contribution is 4.85. The van der Waals surface area contributed by atoms with Gasteiger partial charge in [0, 0.05) is 18.7 Å². The van der Waals surface area contributed by atoms with Gasteiger partial charge in [-0.1, -0.05) is 6.92 Å². The molecule has 0 spiro atoms. The van der Waals surface area contributed by atoms with E-state index in [0.717, 1.165) is 31.6 Å². The molecule has 0 amide bonds. The molecule has 2 rings (SSSR count). The average molecular weight is 226 g/mol. The van der Waals surface area contributed by atoms with E-state index in [2.05, 4.69) is 24.6 Å². The maximum absolute atomic E-state index is 5.39. The van der Waals surface area contributed by atoms with Crippen molar-refractivity contribution in [1.29, 1.82) is 0 Å². The van der Waals surface area contributed by atoms with E-state index in [1.54, 1.807) is 0 Å². The lowest BCUT2D eigenvalue weighted by Crippen LogP contribution is -2.45. The van der Waals surface area contributed by atoms with Gasteiger partial charge in [0.1, 0.15) is 0 Å². The highest BCUT2D eigenvalue weighted by atomic mass is 16.5. The third-order valence-electron chi connectivity index (χ3n) is 4.21. The Hall–Kier alpha value is -0.120. The SMILES string of the molecule is CNC1CCC(C)CC1CNC1CCOC1. The van der Waals surface area contributed by atoms with Gasteiger partial charge in [-0.3, -0.25) is 0 Å². The standard InChI is InChI=1S/C13H26N2O/c1-10-3-4-13(14-2)11(7-10)8-15-12-5-6-16-9-12/h10-15H,3-9H2,1-2H3. The zero-order valence-corrected chi connectivity index (χ0v) is 10.7. The van der Waals surface area contributed by atoms with Crippen molar-refractivity contribution in [3.05, 3.63) is 0 Å². The first kappa shape index (κ1) is 12.3. The Morgan fingerprint density at radius 3 is 2.81 bits per heavy atom. The summed E-state index contributed by atoms with van der Waals surface area (Å²) in [6.07, 6.45) is 5.28. The van der Waals surface area contributed by atoms with Gasteiger partial charge in [-0.05, 0) is 51.1 Å². The molecule has 16 heavy (non-hydrogen) atoms. The first-order chi connectivity index (χ1) is 7.79. The fourth-order valence-corrected chi connectivity index (χ4v) is 3.12. The lowest BCUT2D eigenvalue weighted by molar-refractivity contribution is 0.181. The second-order valence-electron chi connectivity index (χ2n) is 5.54. The third kappa shape index (κ3) is 3.19. The molecule has 2 N–H and O–H groups in total. The van der Waals surface area contributed by atoms with Crippen LogP contribution in [0.2, 0.25) is 0 Å². The van der Waals surface area contributed by atoms with Crippen molar-refractivity contribution in [1.82, 2.24) is 10.6 Å². The minimum atomic E-state index is 0.606. The van der Waals surface area contributed by atoms with E-state index in [1.807, 2.05) is 0 Å². The number of rotatable bonds is 4. The van der Waals surface area contributed by atoms with E-state index in [0.29, 0.717) is 12.1 Å². The fourth-order valence-electron chi connectivity index (χ4n) is 3.12. The van der Waals surface area contributed by atoms with E-state index in [9.17, 15) is 0 Å². The zero-order chi connectivity index (χ0) is 11.4. The van der Waals surface area contributed by atoms with Gasteiger partial charge in [-0.15, -0.1) is 0 Å². The third-order valence-corrected chi connectivity index (χ3v) is 4.21. The summed E-state index contributed by atoms with van der Waals surface area (Å²) in [5.74, 6) is 1.70. The molecule has 0 aromatic carbocycles. The van der Waals surface area contributed by atoms with Crippen molar-refractivity contribution in [2.24, 2.45) is 11.8 Å². The van der Waals surface area contributed by atoms with Gasteiger partial charge in [0.15, 0.2) is 0 Å². The molecule has 1 aliphatic heterocycles. The van der Waals surface area contributed by atoms with Crippen LogP contribution in [0.3, 0.4) is 0 Å². The van der Waals surface area contributed by atoms with E-state index in [4.69, 9.17) is 4.74 Å². The molecule has 0 aromatic heterocycles. The summed E-state index contributed by atoms with van der Waals surface area (Å²) in [6, 6.07) is 1.32. The molecule has 0 radical (unpaired) electrons. The summed E-state index contributed by atoms with van der Waals surface area (Å²) in [6.45, 7) is 5.39. The summed E-state index contributed by atoms with van der Waals surface area (Å²) < 4.78 is 5.39. The molecule has 3 nitrogen and oxygen atoms in total. The Bertz CT molecular complexity index is 204. The van der Waals surface area contributed by atoms with Gasteiger partial charge in [-0.2, -0.15) is 0 Å². The summed E-state index contributed by atoms with van der Waals surface area (Å²) in [5, 5.41) is 7.15. The molecule has 1 heterocycles. The molecule has 3 heteroatoms. The zero-order valence-electron chi connectivity index (χ0n) is 10.7. The Kier molecular flexibility index (Phi) is 4.62. The first-order valence-electron chi connectivity index (χ1n) is 6.78. The molecule has 4 unspecified atom stereocenters. The van der Waals surface area contributed by atoms with Crippen molar-refractivity contribution in [3.63, 3.8) is 0 Å².